The molecule has 2 N–H and O–H groups in total. The second-order valence-electron chi connectivity index (χ2n) is 5.34. The first-order chi connectivity index (χ1) is 10.3. The summed E-state index contributed by atoms with van der Waals surface area (Å²) in [4.78, 5) is 14.0. The van der Waals surface area contributed by atoms with Gasteiger partial charge in [-0.15, -0.1) is 0 Å². The predicted octanol–water partition coefficient (Wildman–Crippen LogP) is 0.745. The van der Waals surface area contributed by atoms with Crippen molar-refractivity contribution in [1.82, 2.24) is 15.5 Å². The normalized spacial score (nSPS) is 15.9. The molecule has 5 heteroatoms. The Morgan fingerprint density at radius 2 is 2.05 bits per heavy atom. The highest BCUT2D eigenvalue weighted by atomic mass is 16.5. The lowest BCUT2D eigenvalue weighted by Gasteiger charge is -2.26. The van der Waals surface area contributed by atoms with Gasteiger partial charge in [0.1, 0.15) is 0 Å². The van der Waals surface area contributed by atoms with Crippen molar-refractivity contribution in [3.8, 4) is 0 Å². The predicted molar refractivity (Wildman–Crippen MR) is 82.9 cm³/mol. The molecular formula is C16H25N3O2. The van der Waals surface area contributed by atoms with Crippen LogP contribution in [0.25, 0.3) is 0 Å². The summed E-state index contributed by atoms with van der Waals surface area (Å²) in [6.45, 7) is 5.88. The maximum atomic E-state index is 11.6. The van der Waals surface area contributed by atoms with Crippen molar-refractivity contribution in [1.29, 1.82) is 0 Å². The van der Waals surface area contributed by atoms with Gasteiger partial charge in [-0.25, -0.2) is 0 Å². The number of nitrogens with zero attached hydrogens (tertiary/aromatic N) is 1. The van der Waals surface area contributed by atoms with Crippen LogP contribution in [0.5, 0.6) is 0 Å². The van der Waals surface area contributed by atoms with Crippen LogP contribution in [0.3, 0.4) is 0 Å². The number of nitrogens with one attached hydrogen (secondary N) is 2. The lowest BCUT2D eigenvalue weighted by atomic mass is 10.1. The van der Waals surface area contributed by atoms with Crippen LogP contribution in [0, 0.1) is 0 Å². The van der Waals surface area contributed by atoms with E-state index in [4.69, 9.17) is 4.74 Å². The smallest absolute Gasteiger partial charge is 0.221 e. The van der Waals surface area contributed by atoms with Crippen molar-refractivity contribution in [3.63, 3.8) is 0 Å². The van der Waals surface area contributed by atoms with Crippen molar-refractivity contribution in [2.24, 2.45) is 0 Å². The van der Waals surface area contributed by atoms with Gasteiger partial charge in [-0.2, -0.15) is 0 Å². The number of hydrogen-bond acceptors (Lipinski definition) is 4. The van der Waals surface area contributed by atoms with Crippen molar-refractivity contribution >= 4 is 5.91 Å². The van der Waals surface area contributed by atoms with Gasteiger partial charge in [0.25, 0.3) is 0 Å². The van der Waals surface area contributed by atoms with E-state index in [1.54, 1.807) is 0 Å². The summed E-state index contributed by atoms with van der Waals surface area (Å²) >= 11 is 0. The van der Waals surface area contributed by atoms with E-state index in [0.29, 0.717) is 19.5 Å². The standard InChI is InChI=1S/C16H25N3O2/c1-17-6-5-16(20)18-12-14-3-2-4-15(11-14)13-19-7-9-21-10-8-19/h2-4,11,17H,5-10,12-13H2,1H3,(H,18,20). The average Bonchev–Trinajstić information content (AvgIpc) is 2.52. The summed E-state index contributed by atoms with van der Waals surface area (Å²) in [6, 6.07) is 8.43. The minimum Gasteiger partial charge on any atom is -0.379 e. The third-order valence-corrected chi connectivity index (χ3v) is 3.59. The van der Waals surface area contributed by atoms with E-state index >= 15 is 0 Å². The molecule has 1 amide bonds. The van der Waals surface area contributed by atoms with Gasteiger partial charge in [0.05, 0.1) is 13.2 Å². The molecule has 1 aliphatic rings. The number of benzene rings is 1. The third-order valence-electron chi connectivity index (χ3n) is 3.59. The number of ether oxygens (including phenoxy) is 1. The monoisotopic (exact) mass is 291 g/mol. The number of amides is 1. The molecular weight excluding hydrogens is 266 g/mol. The molecule has 0 atom stereocenters. The van der Waals surface area contributed by atoms with Crippen molar-refractivity contribution < 1.29 is 9.53 Å². The number of morpholine rings is 1. The van der Waals surface area contributed by atoms with Crippen LogP contribution in [0.1, 0.15) is 17.5 Å². The van der Waals surface area contributed by atoms with Gasteiger partial charge in [-0.3, -0.25) is 9.69 Å². The van der Waals surface area contributed by atoms with Crippen LogP contribution in [-0.2, 0) is 22.6 Å². The molecule has 5 nitrogen and oxygen atoms in total. The highest BCUT2D eigenvalue weighted by molar-refractivity contribution is 5.76. The quantitative estimate of drug-likeness (QED) is 0.778. The maximum Gasteiger partial charge on any atom is 0.221 e. The molecule has 116 valence electrons. The van der Waals surface area contributed by atoms with E-state index in [2.05, 4.69) is 39.8 Å². The van der Waals surface area contributed by atoms with E-state index in [0.717, 1.165) is 38.4 Å². The molecule has 1 aromatic carbocycles. The Labute approximate surface area is 126 Å². The Morgan fingerprint density at radius 1 is 1.29 bits per heavy atom. The van der Waals surface area contributed by atoms with E-state index in [-0.39, 0.29) is 5.91 Å². The lowest BCUT2D eigenvalue weighted by molar-refractivity contribution is -0.121. The molecule has 21 heavy (non-hydrogen) atoms. The first-order valence-corrected chi connectivity index (χ1v) is 7.57. The summed E-state index contributed by atoms with van der Waals surface area (Å²) in [6.07, 6.45) is 0.518. The van der Waals surface area contributed by atoms with Crippen molar-refractivity contribution in [2.75, 3.05) is 39.9 Å². The summed E-state index contributed by atoms with van der Waals surface area (Å²) < 4.78 is 5.36. The van der Waals surface area contributed by atoms with Crippen molar-refractivity contribution in [3.05, 3.63) is 35.4 Å². The molecule has 0 aromatic heterocycles. The van der Waals surface area contributed by atoms with E-state index in [1.807, 2.05) is 7.05 Å². The van der Waals surface area contributed by atoms with Crippen LogP contribution in [0.2, 0.25) is 0 Å². The highest BCUT2D eigenvalue weighted by Crippen LogP contribution is 2.10. The summed E-state index contributed by atoms with van der Waals surface area (Å²) in [5.41, 5.74) is 2.44. The second kappa shape index (κ2) is 8.77. The molecule has 1 fully saturated rings. The maximum absolute atomic E-state index is 11.6. The summed E-state index contributed by atoms with van der Waals surface area (Å²) in [7, 11) is 1.85. The highest BCUT2D eigenvalue weighted by Gasteiger charge is 2.10. The fourth-order valence-corrected chi connectivity index (χ4v) is 2.38. The number of rotatable bonds is 7. The fourth-order valence-electron chi connectivity index (χ4n) is 2.38. The Bertz CT molecular complexity index is 445. The lowest BCUT2D eigenvalue weighted by Crippen LogP contribution is -2.35. The minimum atomic E-state index is 0.0860. The van der Waals surface area contributed by atoms with Gasteiger partial charge in [0.2, 0.25) is 5.91 Å². The van der Waals surface area contributed by atoms with Crippen LogP contribution < -0.4 is 10.6 Å². The number of carbonyl (C=O) groups excluding carboxylic acids is 1. The molecule has 1 heterocycles. The van der Waals surface area contributed by atoms with E-state index in [9.17, 15) is 4.79 Å². The van der Waals surface area contributed by atoms with Gasteiger partial charge in [0.15, 0.2) is 0 Å². The molecule has 0 radical (unpaired) electrons. The Morgan fingerprint density at radius 3 is 2.81 bits per heavy atom. The zero-order chi connectivity index (χ0) is 14.9. The second-order valence-corrected chi connectivity index (χ2v) is 5.34. The van der Waals surface area contributed by atoms with Crippen LogP contribution in [-0.4, -0.2) is 50.7 Å². The summed E-state index contributed by atoms with van der Waals surface area (Å²) in [5.74, 6) is 0.0860. The first kappa shape index (κ1) is 15.9. The Kier molecular flexibility index (Phi) is 6.66. The zero-order valence-electron chi connectivity index (χ0n) is 12.7. The molecule has 1 aromatic rings. The van der Waals surface area contributed by atoms with Crippen LogP contribution in [0.15, 0.2) is 24.3 Å². The SMILES string of the molecule is CNCCC(=O)NCc1cccc(CN2CCOCC2)c1. The molecule has 1 saturated heterocycles. The summed E-state index contributed by atoms with van der Waals surface area (Å²) in [5, 5.41) is 5.93. The fraction of sp³-hybridized carbons (Fsp3) is 0.562. The van der Waals surface area contributed by atoms with Crippen LogP contribution >= 0.6 is 0 Å². The van der Waals surface area contributed by atoms with Gasteiger partial charge in [-0.05, 0) is 18.2 Å². The number of carbonyl (C=O) groups is 1. The van der Waals surface area contributed by atoms with Gasteiger partial charge >= 0.3 is 0 Å². The minimum absolute atomic E-state index is 0.0860. The molecule has 0 bridgehead atoms. The molecule has 0 aliphatic carbocycles. The molecule has 1 aliphatic heterocycles. The van der Waals surface area contributed by atoms with E-state index < -0.39 is 0 Å². The van der Waals surface area contributed by atoms with Crippen LogP contribution in [0.4, 0.5) is 0 Å². The molecule has 2 rings (SSSR count). The van der Waals surface area contributed by atoms with Gasteiger partial charge in [0, 0.05) is 39.1 Å². The number of hydrogen-bond donors (Lipinski definition) is 2. The van der Waals surface area contributed by atoms with Gasteiger partial charge in [-0.1, -0.05) is 24.3 Å². The Hall–Kier alpha value is -1.43. The zero-order valence-corrected chi connectivity index (χ0v) is 12.7. The largest absolute Gasteiger partial charge is 0.379 e. The molecule has 0 saturated carbocycles. The topological polar surface area (TPSA) is 53.6 Å². The van der Waals surface area contributed by atoms with E-state index in [1.165, 1.54) is 5.56 Å². The molecule has 0 spiro atoms. The molecule has 0 unspecified atom stereocenters. The average molecular weight is 291 g/mol. The van der Waals surface area contributed by atoms with Crippen molar-refractivity contribution in [2.45, 2.75) is 19.5 Å². The first-order valence-electron chi connectivity index (χ1n) is 7.57. The Balaban J connectivity index is 1.81. The van der Waals surface area contributed by atoms with Gasteiger partial charge < -0.3 is 15.4 Å². The third kappa shape index (κ3) is 5.83.